The largest absolute Gasteiger partial charge is 0.433 e. The number of halogens is 4. The van der Waals surface area contributed by atoms with Crippen molar-refractivity contribution in [3.8, 4) is 11.1 Å². The van der Waals surface area contributed by atoms with Gasteiger partial charge in [-0.05, 0) is 68.9 Å². The minimum absolute atomic E-state index is 0.0389. The van der Waals surface area contributed by atoms with Gasteiger partial charge in [-0.15, -0.1) is 0 Å². The van der Waals surface area contributed by atoms with Gasteiger partial charge in [0.15, 0.2) is 0 Å². The van der Waals surface area contributed by atoms with Crippen LogP contribution in [0.25, 0.3) is 22.2 Å². The molecule has 4 nitrogen and oxygen atoms in total. The van der Waals surface area contributed by atoms with Gasteiger partial charge >= 0.3 is 6.18 Å². The van der Waals surface area contributed by atoms with Gasteiger partial charge in [0.1, 0.15) is 11.5 Å². The standard InChI is InChI=1S/C21H22F4N4S/c1-13-19(14-5-4-6-16(11-14)30-28(2)3)20-17(29(13)12-15(22)9-10-26)7-8-18(27-20)21(23,24)25/h4-9,11H,10,12,26H2,1-3H3/b15-9-. The van der Waals surface area contributed by atoms with Crippen molar-refractivity contribution in [2.75, 3.05) is 20.6 Å². The predicted octanol–water partition coefficient (Wildman–Crippen LogP) is 5.41. The molecule has 0 saturated carbocycles. The molecule has 0 bridgehead atoms. The Kier molecular flexibility index (Phi) is 6.54. The molecule has 3 aromatic rings. The van der Waals surface area contributed by atoms with Gasteiger partial charge < -0.3 is 10.3 Å². The summed E-state index contributed by atoms with van der Waals surface area (Å²) in [7, 11) is 3.80. The zero-order valence-electron chi connectivity index (χ0n) is 16.8. The van der Waals surface area contributed by atoms with Crippen LogP contribution in [0.15, 0.2) is 53.2 Å². The van der Waals surface area contributed by atoms with Crippen molar-refractivity contribution in [1.82, 2.24) is 13.9 Å². The summed E-state index contributed by atoms with van der Waals surface area (Å²) in [5, 5.41) is 0. The minimum atomic E-state index is -4.57. The molecular formula is C21H22F4N4S. The lowest BCUT2D eigenvalue weighted by atomic mass is 10.0. The Morgan fingerprint density at radius 1 is 1.23 bits per heavy atom. The number of aromatic nitrogens is 2. The van der Waals surface area contributed by atoms with Crippen molar-refractivity contribution in [3.63, 3.8) is 0 Å². The van der Waals surface area contributed by atoms with Gasteiger partial charge in [-0.2, -0.15) is 13.2 Å². The summed E-state index contributed by atoms with van der Waals surface area (Å²) in [6.07, 6.45) is -3.33. The molecule has 3 rings (SSSR count). The van der Waals surface area contributed by atoms with Crippen LogP contribution < -0.4 is 5.73 Å². The summed E-state index contributed by atoms with van der Waals surface area (Å²) in [4.78, 5) is 4.85. The fraction of sp³-hybridized carbons (Fsp3) is 0.286. The predicted molar refractivity (Wildman–Crippen MR) is 113 cm³/mol. The molecule has 0 aliphatic rings. The van der Waals surface area contributed by atoms with E-state index in [0.29, 0.717) is 16.8 Å². The van der Waals surface area contributed by atoms with Crippen LogP contribution in [0.5, 0.6) is 0 Å². The topological polar surface area (TPSA) is 47.1 Å². The Bertz CT molecular complexity index is 1090. The highest BCUT2D eigenvalue weighted by atomic mass is 32.2. The molecule has 1 aromatic carbocycles. The number of nitrogens with two attached hydrogens (primary N) is 1. The number of rotatable bonds is 6. The van der Waals surface area contributed by atoms with Crippen molar-refractivity contribution in [1.29, 1.82) is 0 Å². The summed E-state index contributed by atoms with van der Waals surface area (Å²) < 4.78 is 57.7. The molecular weight excluding hydrogens is 416 g/mol. The van der Waals surface area contributed by atoms with Crippen molar-refractivity contribution in [3.05, 3.63) is 59.7 Å². The lowest BCUT2D eigenvalue weighted by Crippen LogP contribution is -2.08. The molecule has 0 fully saturated rings. The number of hydrogen-bond donors (Lipinski definition) is 1. The Morgan fingerprint density at radius 2 is 1.97 bits per heavy atom. The average molecular weight is 438 g/mol. The molecule has 0 atom stereocenters. The fourth-order valence-corrected chi connectivity index (χ4v) is 4.05. The van der Waals surface area contributed by atoms with Crippen molar-refractivity contribution in [2.45, 2.75) is 24.5 Å². The highest BCUT2D eigenvalue weighted by Crippen LogP contribution is 2.38. The molecule has 0 radical (unpaired) electrons. The number of allylic oxidation sites excluding steroid dienone is 1. The van der Waals surface area contributed by atoms with Crippen LogP contribution in [-0.4, -0.2) is 34.5 Å². The number of fused-ring (bicyclic) bond motifs is 1. The van der Waals surface area contributed by atoms with Gasteiger partial charge in [0.05, 0.1) is 17.6 Å². The second kappa shape index (κ2) is 8.79. The van der Waals surface area contributed by atoms with E-state index in [0.717, 1.165) is 16.5 Å². The van der Waals surface area contributed by atoms with E-state index < -0.39 is 17.7 Å². The first-order valence-electron chi connectivity index (χ1n) is 9.19. The second-order valence-electron chi connectivity index (χ2n) is 6.93. The maximum absolute atomic E-state index is 14.2. The molecule has 30 heavy (non-hydrogen) atoms. The molecule has 0 unspecified atom stereocenters. The van der Waals surface area contributed by atoms with Crippen LogP contribution in [0, 0.1) is 6.92 Å². The van der Waals surface area contributed by atoms with Crippen LogP contribution in [0.3, 0.4) is 0 Å². The Balaban J connectivity index is 2.26. The Labute approximate surface area is 176 Å². The van der Waals surface area contributed by atoms with E-state index in [-0.39, 0.29) is 18.6 Å². The average Bonchev–Trinajstić information content (AvgIpc) is 2.92. The van der Waals surface area contributed by atoms with Gasteiger partial charge in [-0.3, -0.25) is 4.31 Å². The third-order valence-corrected chi connectivity index (χ3v) is 5.35. The lowest BCUT2D eigenvalue weighted by molar-refractivity contribution is -0.140. The lowest BCUT2D eigenvalue weighted by Gasteiger charge is -2.11. The molecule has 0 saturated heterocycles. The second-order valence-corrected chi connectivity index (χ2v) is 8.31. The molecule has 2 N–H and O–H groups in total. The maximum Gasteiger partial charge on any atom is 0.433 e. The molecule has 9 heteroatoms. The number of hydrogen-bond acceptors (Lipinski definition) is 4. The van der Waals surface area contributed by atoms with Crippen LogP contribution >= 0.6 is 11.9 Å². The zero-order chi connectivity index (χ0) is 22.1. The smallest absolute Gasteiger partial charge is 0.336 e. The molecule has 160 valence electrons. The summed E-state index contributed by atoms with van der Waals surface area (Å²) >= 11 is 1.49. The highest BCUT2D eigenvalue weighted by Gasteiger charge is 2.33. The van der Waals surface area contributed by atoms with Crippen LogP contribution in [0.2, 0.25) is 0 Å². The van der Waals surface area contributed by atoms with E-state index in [1.165, 1.54) is 24.1 Å². The van der Waals surface area contributed by atoms with E-state index >= 15 is 0 Å². The third kappa shape index (κ3) is 4.69. The van der Waals surface area contributed by atoms with Gasteiger partial charge in [0.2, 0.25) is 0 Å². The monoisotopic (exact) mass is 438 g/mol. The van der Waals surface area contributed by atoms with Crippen LogP contribution in [0.1, 0.15) is 11.4 Å². The van der Waals surface area contributed by atoms with E-state index in [9.17, 15) is 17.6 Å². The number of pyridine rings is 1. The van der Waals surface area contributed by atoms with E-state index in [1.54, 1.807) is 11.5 Å². The highest BCUT2D eigenvalue weighted by molar-refractivity contribution is 7.97. The van der Waals surface area contributed by atoms with Crippen molar-refractivity contribution >= 4 is 23.0 Å². The molecule has 0 aliphatic carbocycles. The first-order valence-corrected chi connectivity index (χ1v) is 9.96. The quantitative estimate of drug-likeness (QED) is 0.413. The fourth-order valence-electron chi connectivity index (χ4n) is 3.31. The summed E-state index contributed by atoms with van der Waals surface area (Å²) in [5.74, 6) is -0.458. The third-order valence-electron chi connectivity index (χ3n) is 4.52. The number of nitrogens with zero attached hydrogens (tertiary/aromatic N) is 3. The summed E-state index contributed by atoms with van der Waals surface area (Å²) in [5.41, 5.74) is 6.93. The van der Waals surface area contributed by atoms with Crippen molar-refractivity contribution < 1.29 is 17.6 Å². The number of alkyl halides is 3. The minimum Gasteiger partial charge on any atom is -0.336 e. The molecule has 0 spiro atoms. The Morgan fingerprint density at radius 3 is 2.60 bits per heavy atom. The van der Waals surface area contributed by atoms with Gasteiger partial charge in [-0.25, -0.2) is 9.37 Å². The maximum atomic E-state index is 14.2. The molecule has 2 aromatic heterocycles. The number of benzene rings is 1. The van der Waals surface area contributed by atoms with Crippen LogP contribution in [-0.2, 0) is 12.7 Å². The van der Waals surface area contributed by atoms with Crippen LogP contribution in [0.4, 0.5) is 17.6 Å². The van der Waals surface area contributed by atoms with E-state index in [2.05, 4.69) is 4.98 Å². The summed E-state index contributed by atoms with van der Waals surface area (Å²) in [6, 6.07) is 9.73. The molecule has 2 heterocycles. The normalized spacial score (nSPS) is 12.9. The first-order chi connectivity index (χ1) is 14.1. The van der Waals surface area contributed by atoms with E-state index in [4.69, 9.17) is 5.73 Å². The SMILES string of the molecule is Cc1c(-c2cccc(SN(C)C)c2)c2nc(C(F)(F)F)ccc2n1C/C(F)=C/CN. The van der Waals surface area contributed by atoms with Crippen molar-refractivity contribution in [2.24, 2.45) is 5.73 Å². The Hall–Kier alpha value is -2.36. The first kappa shape index (κ1) is 22.3. The van der Waals surface area contributed by atoms with E-state index in [1.807, 2.05) is 42.7 Å². The zero-order valence-corrected chi connectivity index (χ0v) is 17.6. The molecule has 0 aliphatic heterocycles. The van der Waals surface area contributed by atoms with Gasteiger partial charge in [0, 0.05) is 22.7 Å². The van der Waals surface area contributed by atoms with Gasteiger partial charge in [0.25, 0.3) is 0 Å². The summed E-state index contributed by atoms with van der Waals surface area (Å²) in [6.45, 7) is 1.67. The van der Waals surface area contributed by atoms with Gasteiger partial charge in [-0.1, -0.05) is 12.1 Å². The molecule has 0 amide bonds.